The fourth-order valence-electron chi connectivity index (χ4n) is 1.12. The fourth-order valence-corrected chi connectivity index (χ4v) is 3.11. The Morgan fingerprint density at radius 1 is 1.53 bits per heavy atom. The molecule has 0 radical (unpaired) electrons. The van der Waals surface area contributed by atoms with Crippen LogP contribution in [0.2, 0.25) is 0 Å². The summed E-state index contributed by atoms with van der Waals surface area (Å²) in [6, 6.07) is 3.51. The number of rotatable bonds is 2. The van der Waals surface area contributed by atoms with Crippen molar-refractivity contribution < 1.29 is 4.79 Å². The first-order chi connectivity index (χ1) is 7.08. The van der Waals surface area contributed by atoms with Crippen molar-refractivity contribution >= 4 is 49.0 Å². The molecule has 6 heteroatoms. The summed E-state index contributed by atoms with van der Waals surface area (Å²) in [7, 11) is 1.79. The van der Waals surface area contributed by atoms with E-state index in [-0.39, 0.29) is 5.78 Å². The third kappa shape index (κ3) is 2.21. The maximum absolute atomic E-state index is 11.9. The Kier molecular flexibility index (Phi) is 3.08. The van der Waals surface area contributed by atoms with Crippen molar-refractivity contribution in [3.8, 4) is 0 Å². The quantitative estimate of drug-likeness (QED) is 0.780. The average Bonchev–Trinajstić information content (AvgIpc) is 2.74. The van der Waals surface area contributed by atoms with E-state index in [1.807, 2.05) is 0 Å². The van der Waals surface area contributed by atoms with E-state index in [1.54, 1.807) is 30.1 Å². The maximum Gasteiger partial charge on any atom is 0.223 e. The Bertz CT molecular complexity index is 498. The second-order valence-electron chi connectivity index (χ2n) is 2.94. The second kappa shape index (κ2) is 4.19. The largest absolute Gasteiger partial charge is 0.286 e. The Balaban J connectivity index is 2.36. The number of carbonyl (C=O) groups is 1. The van der Waals surface area contributed by atoms with E-state index in [9.17, 15) is 4.79 Å². The third-order valence-electron chi connectivity index (χ3n) is 1.82. The van der Waals surface area contributed by atoms with Gasteiger partial charge in [-0.05, 0) is 44.0 Å². The van der Waals surface area contributed by atoms with Crippen molar-refractivity contribution in [2.75, 3.05) is 0 Å². The molecule has 3 nitrogen and oxygen atoms in total. The lowest BCUT2D eigenvalue weighted by molar-refractivity contribution is 0.103. The van der Waals surface area contributed by atoms with Gasteiger partial charge in [0.15, 0.2) is 0 Å². The lowest BCUT2D eigenvalue weighted by Crippen LogP contribution is -2.00. The molecule has 0 spiro atoms. The van der Waals surface area contributed by atoms with Gasteiger partial charge in [-0.3, -0.25) is 9.48 Å². The predicted octanol–water partition coefficient (Wildman–Crippen LogP) is 3.24. The van der Waals surface area contributed by atoms with Crippen molar-refractivity contribution in [2.24, 2.45) is 7.05 Å². The van der Waals surface area contributed by atoms with Crippen LogP contribution in [0.15, 0.2) is 26.6 Å². The molecule has 78 valence electrons. The van der Waals surface area contributed by atoms with Crippen LogP contribution in [0.4, 0.5) is 0 Å². The Hall–Kier alpha value is -0.460. The van der Waals surface area contributed by atoms with Crippen molar-refractivity contribution in [1.82, 2.24) is 9.78 Å². The summed E-state index contributed by atoms with van der Waals surface area (Å²) >= 11 is 8.10. The minimum absolute atomic E-state index is 0.0491. The summed E-state index contributed by atoms with van der Waals surface area (Å²) in [5, 5.41) is 4.07. The molecule has 2 aromatic rings. The highest BCUT2D eigenvalue weighted by Crippen LogP contribution is 2.33. The monoisotopic (exact) mass is 348 g/mol. The summed E-state index contributed by atoms with van der Waals surface area (Å²) in [6.07, 6.45) is 1.75. The number of aromatic nitrogens is 2. The zero-order valence-electron chi connectivity index (χ0n) is 7.70. The van der Waals surface area contributed by atoms with E-state index >= 15 is 0 Å². The van der Waals surface area contributed by atoms with Gasteiger partial charge in [-0.1, -0.05) is 0 Å². The van der Waals surface area contributed by atoms with Crippen LogP contribution in [0.1, 0.15) is 15.4 Å². The zero-order chi connectivity index (χ0) is 11.0. The normalized spacial score (nSPS) is 10.6. The minimum atomic E-state index is -0.0491. The molecule has 15 heavy (non-hydrogen) atoms. The van der Waals surface area contributed by atoms with Gasteiger partial charge in [0.2, 0.25) is 5.78 Å². The molecule has 0 saturated carbocycles. The molecule has 0 amide bonds. The number of carbonyl (C=O) groups excluding carboxylic acids is 1. The SMILES string of the molecule is Cn1ccc(C(=O)c2cc(Br)c(Br)s2)n1. The van der Waals surface area contributed by atoms with Gasteiger partial charge >= 0.3 is 0 Å². The molecule has 0 atom stereocenters. The van der Waals surface area contributed by atoms with Crippen LogP contribution in [0, 0.1) is 0 Å². The first-order valence-corrected chi connectivity index (χ1v) is 6.47. The average molecular weight is 350 g/mol. The van der Waals surface area contributed by atoms with E-state index in [0.29, 0.717) is 10.6 Å². The molecule has 0 aliphatic heterocycles. The topological polar surface area (TPSA) is 34.9 Å². The Morgan fingerprint density at radius 3 is 2.73 bits per heavy atom. The fraction of sp³-hybridized carbons (Fsp3) is 0.111. The molecule has 2 heterocycles. The molecule has 0 aliphatic carbocycles. The first kappa shape index (κ1) is 11.0. The first-order valence-electron chi connectivity index (χ1n) is 4.07. The molecule has 0 saturated heterocycles. The molecule has 0 fully saturated rings. The van der Waals surface area contributed by atoms with Crippen LogP contribution < -0.4 is 0 Å². The lowest BCUT2D eigenvalue weighted by Gasteiger charge is -1.90. The van der Waals surface area contributed by atoms with Gasteiger partial charge < -0.3 is 0 Å². The molecule has 0 unspecified atom stereocenters. The number of thiophene rings is 1. The van der Waals surface area contributed by atoms with Crippen LogP contribution >= 0.6 is 43.2 Å². The van der Waals surface area contributed by atoms with Crippen molar-refractivity contribution in [2.45, 2.75) is 0 Å². The molecule has 2 aromatic heterocycles. The molecular formula is C9H6Br2N2OS. The van der Waals surface area contributed by atoms with Gasteiger partial charge in [0.1, 0.15) is 5.69 Å². The number of halogens is 2. The van der Waals surface area contributed by atoms with Crippen LogP contribution in [-0.4, -0.2) is 15.6 Å². The molecule has 2 rings (SSSR count). The Labute approximate surface area is 107 Å². The number of aryl methyl sites for hydroxylation is 1. The highest BCUT2D eigenvalue weighted by atomic mass is 79.9. The van der Waals surface area contributed by atoms with E-state index in [4.69, 9.17) is 0 Å². The number of hydrogen-bond donors (Lipinski definition) is 0. The van der Waals surface area contributed by atoms with Crippen LogP contribution in [0.5, 0.6) is 0 Å². The molecule has 0 aliphatic rings. The van der Waals surface area contributed by atoms with E-state index in [0.717, 1.165) is 8.26 Å². The lowest BCUT2D eigenvalue weighted by atomic mass is 10.2. The van der Waals surface area contributed by atoms with Gasteiger partial charge in [0, 0.05) is 17.7 Å². The predicted molar refractivity (Wildman–Crippen MR) is 66.4 cm³/mol. The highest BCUT2D eigenvalue weighted by Gasteiger charge is 2.15. The maximum atomic E-state index is 11.9. The van der Waals surface area contributed by atoms with Gasteiger partial charge in [0.25, 0.3) is 0 Å². The number of hydrogen-bond acceptors (Lipinski definition) is 3. The van der Waals surface area contributed by atoms with Gasteiger partial charge in [0.05, 0.1) is 8.66 Å². The van der Waals surface area contributed by atoms with Gasteiger partial charge in [-0.25, -0.2) is 0 Å². The van der Waals surface area contributed by atoms with E-state index in [1.165, 1.54) is 11.3 Å². The third-order valence-corrected chi connectivity index (χ3v) is 5.07. The van der Waals surface area contributed by atoms with Crippen molar-refractivity contribution in [3.63, 3.8) is 0 Å². The van der Waals surface area contributed by atoms with Crippen molar-refractivity contribution in [3.05, 3.63) is 37.2 Å². The summed E-state index contributed by atoms with van der Waals surface area (Å²) in [4.78, 5) is 12.6. The Morgan fingerprint density at radius 2 is 2.27 bits per heavy atom. The molecular weight excluding hydrogens is 344 g/mol. The van der Waals surface area contributed by atoms with Crippen LogP contribution in [-0.2, 0) is 7.05 Å². The van der Waals surface area contributed by atoms with E-state index in [2.05, 4.69) is 37.0 Å². The zero-order valence-corrected chi connectivity index (χ0v) is 11.7. The van der Waals surface area contributed by atoms with Crippen molar-refractivity contribution in [1.29, 1.82) is 0 Å². The molecule has 0 N–H and O–H groups in total. The smallest absolute Gasteiger partial charge is 0.223 e. The summed E-state index contributed by atoms with van der Waals surface area (Å²) in [6.45, 7) is 0. The van der Waals surface area contributed by atoms with Gasteiger partial charge in [-0.15, -0.1) is 11.3 Å². The standard InChI is InChI=1S/C9H6Br2N2OS/c1-13-3-2-6(12-13)8(14)7-4-5(10)9(11)15-7/h2-4H,1H3. The summed E-state index contributed by atoms with van der Waals surface area (Å²) in [5.41, 5.74) is 0.471. The van der Waals surface area contributed by atoms with E-state index < -0.39 is 0 Å². The van der Waals surface area contributed by atoms with Gasteiger partial charge in [-0.2, -0.15) is 5.10 Å². The number of ketones is 1. The summed E-state index contributed by atoms with van der Waals surface area (Å²) in [5.74, 6) is -0.0491. The number of nitrogens with zero attached hydrogens (tertiary/aromatic N) is 2. The summed E-state index contributed by atoms with van der Waals surface area (Å²) < 4.78 is 3.43. The van der Waals surface area contributed by atoms with Crippen LogP contribution in [0.3, 0.4) is 0 Å². The highest BCUT2D eigenvalue weighted by molar-refractivity contribution is 9.13. The minimum Gasteiger partial charge on any atom is -0.286 e. The van der Waals surface area contributed by atoms with Crippen LogP contribution in [0.25, 0.3) is 0 Å². The molecule has 0 aromatic carbocycles. The second-order valence-corrected chi connectivity index (χ2v) is 6.16. The molecule has 0 bridgehead atoms.